The summed E-state index contributed by atoms with van der Waals surface area (Å²) in [5, 5.41) is 4.38. The number of hydrogen-bond acceptors (Lipinski definition) is 6. The summed E-state index contributed by atoms with van der Waals surface area (Å²) in [5.41, 5.74) is 1.67. The van der Waals surface area contributed by atoms with Crippen molar-refractivity contribution in [1.29, 1.82) is 0 Å². The molecule has 36 heavy (non-hydrogen) atoms. The summed E-state index contributed by atoms with van der Waals surface area (Å²) >= 11 is 9.29. The van der Waals surface area contributed by atoms with Gasteiger partial charge in [-0.05, 0) is 29.5 Å². The Kier molecular flexibility index (Phi) is 7.10. The Labute approximate surface area is 223 Å². The number of nitrogens with one attached hydrogen (secondary N) is 1. The number of carbonyl (C=O) groups is 3. The predicted octanol–water partition coefficient (Wildman–Crippen LogP) is 4.39. The Hall–Kier alpha value is -2.81. The van der Waals surface area contributed by atoms with Crippen LogP contribution in [0.15, 0.2) is 78.2 Å². The van der Waals surface area contributed by atoms with E-state index in [1.807, 2.05) is 85.1 Å². The van der Waals surface area contributed by atoms with E-state index in [1.54, 1.807) is 0 Å². The first-order valence-electron chi connectivity index (χ1n) is 11.6. The number of hydrogen-bond donors (Lipinski definition) is 1. The normalized spacial score (nSPS) is 24.8. The molecule has 4 atom stereocenters. The van der Waals surface area contributed by atoms with E-state index in [0.717, 1.165) is 16.0 Å². The summed E-state index contributed by atoms with van der Waals surface area (Å²) in [6.45, 7) is 1.87. The van der Waals surface area contributed by atoms with Gasteiger partial charge in [-0.1, -0.05) is 66.7 Å². The summed E-state index contributed by atoms with van der Waals surface area (Å²) in [6, 6.07) is 21.2. The van der Waals surface area contributed by atoms with Crippen LogP contribution in [-0.4, -0.2) is 50.8 Å². The Balaban J connectivity index is 1.35. The quantitative estimate of drug-likeness (QED) is 0.260. The Morgan fingerprint density at radius 1 is 1.06 bits per heavy atom. The van der Waals surface area contributed by atoms with E-state index in [-0.39, 0.29) is 29.5 Å². The van der Waals surface area contributed by atoms with Gasteiger partial charge < -0.3 is 15.0 Å². The van der Waals surface area contributed by atoms with Crippen LogP contribution >= 0.6 is 34.7 Å². The van der Waals surface area contributed by atoms with E-state index >= 15 is 0 Å². The number of rotatable bonds is 8. The average Bonchev–Trinajstić information content (AvgIpc) is 3.51. The van der Waals surface area contributed by atoms with Crippen molar-refractivity contribution in [3.8, 4) is 0 Å². The van der Waals surface area contributed by atoms with Crippen LogP contribution in [0.1, 0.15) is 29.0 Å². The minimum atomic E-state index is -0.863. The molecule has 9 heteroatoms. The molecule has 3 heterocycles. The average molecular weight is 541 g/mol. The zero-order chi connectivity index (χ0) is 25.3. The molecule has 2 aromatic carbocycles. The number of thiophene rings is 1. The van der Waals surface area contributed by atoms with Gasteiger partial charge in [0.2, 0.25) is 11.8 Å². The van der Waals surface area contributed by atoms with E-state index in [2.05, 4.69) is 5.32 Å². The number of nitrogens with zero attached hydrogens (tertiary/aromatic N) is 1. The number of carbonyl (C=O) groups excluding carboxylic acids is 3. The van der Waals surface area contributed by atoms with Gasteiger partial charge in [-0.2, -0.15) is 0 Å². The summed E-state index contributed by atoms with van der Waals surface area (Å²) in [7, 11) is 0. The van der Waals surface area contributed by atoms with Crippen molar-refractivity contribution in [2.75, 3.05) is 5.88 Å². The fraction of sp³-hybridized carbons (Fsp3) is 0.296. The van der Waals surface area contributed by atoms with Crippen molar-refractivity contribution in [1.82, 2.24) is 10.2 Å². The minimum Gasteiger partial charge on any atom is -0.451 e. The van der Waals surface area contributed by atoms with E-state index < -0.39 is 28.9 Å². The molecule has 2 aliphatic rings. The zero-order valence-electron chi connectivity index (χ0n) is 19.5. The summed E-state index contributed by atoms with van der Waals surface area (Å²) < 4.78 is 5.34. The lowest BCUT2D eigenvalue weighted by molar-refractivity contribution is -0.166. The third-order valence-corrected chi connectivity index (χ3v) is 9.72. The number of amides is 2. The molecule has 2 aliphatic heterocycles. The number of thioether (sulfide) groups is 1. The number of β-lactam (4-membered cyclic amide) rings is 1. The van der Waals surface area contributed by atoms with Crippen molar-refractivity contribution in [3.05, 3.63) is 94.2 Å². The Morgan fingerprint density at radius 3 is 2.25 bits per heavy atom. The second-order valence-electron chi connectivity index (χ2n) is 9.04. The smallest absolute Gasteiger partial charge is 0.331 e. The molecule has 2 amide bonds. The molecule has 0 aliphatic carbocycles. The van der Waals surface area contributed by atoms with Crippen LogP contribution in [0.3, 0.4) is 0 Å². The van der Waals surface area contributed by atoms with Crippen LogP contribution in [0.25, 0.3) is 0 Å². The first-order chi connectivity index (χ1) is 17.4. The van der Waals surface area contributed by atoms with Gasteiger partial charge in [-0.3, -0.25) is 9.59 Å². The molecule has 5 rings (SSSR count). The molecule has 0 radical (unpaired) electrons. The molecule has 1 aromatic heterocycles. The van der Waals surface area contributed by atoms with Crippen LogP contribution in [0.5, 0.6) is 0 Å². The number of benzene rings is 2. The van der Waals surface area contributed by atoms with Gasteiger partial charge in [0.25, 0.3) is 0 Å². The fourth-order valence-electron chi connectivity index (χ4n) is 4.68. The third kappa shape index (κ3) is 4.65. The van der Waals surface area contributed by atoms with E-state index in [1.165, 1.54) is 28.0 Å². The molecule has 0 spiro atoms. The third-order valence-electron chi connectivity index (χ3n) is 6.49. The number of esters is 1. The molecule has 0 saturated carbocycles. The van der Waals surface area contributed by atoms with Crippen molar-refractivity contribution < 1.29 is 19.1 Å². The van der Waals surface area contributed by atoms with Gasteiger partial charge in [0, 0.05) is 10.8 Å². The largest absolute Gasteiger partial charge is 0.451 e. The van der Waals surface area contributed by atoms with Crippen LogP contribution in [0.4, 0.5) is 0 Å². The highest BCUT2D eigenvalue weighted by Gasteiger charge is 2.66. The molecular weight excluding hydrogens is 516 g/mol. The summed E-state index contributed by atoms with van der Waals surface area (Å²) in [5.74, 6) is -0.876. The Bertz CT molecular complexity index is 1200. The van der Waals surface area contributed by atoms with E-state index in [0.29, 0.717) is 0 Å². The highest BCUT2D eigenvalue weighted by atomic mass is 35.5. The zero-order valence-corrected chi connectivity index (χ0v) is 21.9. The van der Waals surface area contributed by atoms with E-state index in [9.17, 15) is 14.4 Å². The van der Waals surface area contributed by atoms with Crippen molar-refractivity contribution in [2.45, 2.75) is 41.7 Å². The van der Waals surface area contributed by atoms with Gasteiger partial charge >= 0.3 is 5.97 Å². The molecule has 3 aromatic rings. The lowest BCUT2D eigenvalue weighted by Crippen LogP contribution is -2.71. The topological polar surface area (TPSA) is 75.7 Å². The van der Waals surface area contributed by atoms with Gasteiger partial charge in [-0.25, -0.2) is 4.79 Å². The Morgan fingerprint density at radius 2 is 1.69 bits per heavy atom. The molecule has 0 unspecified atom stereocenters. The minimum absolute atomic E-state index is 0.148. The summed E-state index contributed by atoms with van der Waals surface area (Å²) in [4.78, 5) is 41.9. The number of alkyl halides is 1. The first-order valence-corrected chi connectivity index (χ1v) is 13.9. The van der Waals surface area contributed by atoms with Gasteiger partial charge in [0.15, 0.2) is 6.10 Å². The first kappa shape index (κ1) is 24.9. The highest BCUT2D eigenvalue weighted by Crippen LogP contribution is 2.52. The summed E-state index contributed by atoms with van der Waals surface area (Å²) in [6.07, 6.45) is -0.409. The molecule has 0 bridgehead atoms. The second kappa shape index (κ2) is 10.3. The van der Waals surface area contributed by atoms with Crippen LogP contribution in [-0.2, 0) is 25.5 Å². The molecule has 186 valence electrons. The standard InChI is InChI=1S/C27H25ClN2O4S2/c1-27(16-28)23(26(33)34-22(17-9-4-2-5-10-17)18-11-6-3-7-12-18)30-24(32)21(25(30)36-27)29-20(31)15-19-13-8-14-35-19/h2-14,21-23,25H,15-16H2,1H3,(H,29,31)/t21-,23+,25+,27+/m1/s1. The van der Waals surface area contributed by atoms with Crippen molar-refractivity contribution >= 4 is 52.5 Å². The van der Waals surface area contributed by atoms with Crippen LogP contribution in [0.2, 0.25) is 0 Å². The molecule has 1 N–H and O–H groups in total. The molecule has 2 fully saturated rings. The number of fused-ring (bicyclic) bond motifs is 1. The van der Waals surface area contributed by atoms with Gasteiger partial charge in [-0.15, -0.1) is 34.7 Å². The monoisotopic (exact) mass is 540 g/mol. The molecule has 2 saturated heterocycles. The number of halogens is 1. The maximum Gasteiger partial charge on any atom is 0.331 e. The predicted molar refractivity (Wildman–Crippen MR) is 142 cm³/mol. The second-order valence-corrected chi connectivity index (χ2v) is 12.0. The molecular formula is C27H25ClN2O4S2. The number of ether oxygens (including phenoxy) is 1. The van der Waals surface area contributed by atoms with Gasteiger partial charge in [0.05, 0.1) is 11.2 Å². The van der Waals surface area contributed by atoms with Crippen molar-refractivity contribution in [3.63, 3.8) is 0 Å². The highest BCUT2D eigenvalue weighted by molar-refractivity contribution is 8.01. The maximum absolute atomic E-state index is 13.7. The van der Waals surface area contributed by atoms with Crippen molar-refractivity contribution in [2.24, 2.45) is 0 Å². The van der Waals surface area contributed by atoms with E-state index in [4.69, 9.17) is 16.3 Å². The SMILES string of the molecule is C[C@@]1(CCl)S[C@H]2[C@H](NC(=O)Cc3cccs3)C(=O)N2[C@H]1C(=O)OC(c1ccccc1)c1ccccc1. The maximum atomic E-state index is 13.7. The van der Waals surface area contributed by atoms with Crippen LogP contribution in [0, 0.1) is 0 Å². The molecule has 6 nitrogen and oxygen atoms in total. The van der Waals surface area contributed by atoms with Crippen LogP contribution < -0.4 is 5.32 Å². The van der Waals surface area contributed by atoms with Gasteiger partial charge in [0.1, 0.15) is 17.5 Å². The fourth-order valence-corrected chi connectivity index (χ4v) is 7.33. The lowest BCUT2D eigenvalue weighted by atomic mass is 9.95. The lowest BCUT2D eigenvalue weighted by Gasteiger charge is -2.44.